The van der Waals surface area contributed by atoms with Crippen molar-refractivity contribution < 1.29 is 13.9 Å². The van der Waals surface area contributed by atoms with Crippen LogP contribution in [-0.2, 0) is 16.0 Å². The normalized spacial score (nSPS) is 16.1. The zero-order valence-electron chi connectivity index (χ0n) is 17.6. The molecule has 1 aliphatic rings. The maximum absolute atomic E-state index is 12.5. The first-order valence-corrected chi connectivity index (χ1v) is 10.8. The number of morpholine rings is 1. The van der Waals surface area contributed by atoms with Crippen molar-refractivity contribution in [1.29, 1.82) is 0 Å². The topological polar surface area (TPSA) is 67.6 Å². The van der Waals surface area contributed by atoms with Gasteiger partial charge in [0.15, 0.2) is 11.7 Å². The molecule has 29 heavy (non-hydrogen) atoms. The first kappa shape index (κ1) is 21.5. The SMILES string of the molecule is CCC(CC)C(CNC(=O)CCc1ncc(-c2ccccc2)o1)N1CCOCC1. The number of rotatable bonds is 10. The largest absolute Gasteiger partial charge is 0.441 e. The Bertz CT molecular complexity index is 737. The lowest BCUT2D eigenvalue weighted by Gasteiger charge is -2.38. The molecule has 0 radical (unpaired) electrons. The lowest BCUT2D eigenvalue weighted by atomic mass is 9.92. The van der Waals surface area contributed by atoms with Crippen LogP contribution in [0, 0.1) is 5.92 Å². The molecule has 0 spiro atoms. The van der Waals surface area contributed by atoms with Crippen LogP contribution >= 0.6 is 0 Å². The predicted octanol–water partition coefficient (Wildman–Crippen LogP) is 3.53. The third-order valence-corrected chi connectivity index (χ3v) is 5.79. The highest BCUT2D eigenvalue weighted by atomic mass is 16.5. The summed E-state index contributed by atoms with van der Waals surface area (Å²) in [5.41, 5.74) is 0.995. The van der Waals surface area contributed by atoms with Crippen molar-refractivity contribution in [1.82, 2.24) is 15.2 Å². The number of ether oxygens (including phenoxy) is 1. The van der Waals surface area contributed by atoms with Crippen molar-refractivity contribution in [3.05, 3.63) is 42.4 Å². The number of carbonyl (C=O) groups is 1. The van der Waals surface area contributed by atoms with E-state index in [9.17, 15) is 4.79 Å². The molecule has 3 rings (SSSR count). The second-order valence-electron chi connectivity index (χ2n) is 7.58. The fraction of sp³-hybridized carbons (Fsp3) is 0.565. The van der Waals surface area contributed by atoms with Crippen molar-refractivity contribution in [2.45, 2.75) is 45.6 Å². The van der Waals surface area contributed by atoms with Crippen LogP contribution in [0.15, 0.2) is 40.9 Å². The molecular formula is C23H33N3O3. The zero-order valence-corrected chi connectivity index (χ0v) is 17.6. The Labute approximate surface area is 173 Å². The molecule has 6 heteroatoms. The molecule has 0 aliphatic carbocycles. The average Bonchev–Trinajstić information content (AvgIpc) is 3.25. The van der Waals surface area contributed by atoms with E-state index >= 15 is 0 Å². The molecule has 0 saturated carbocycles. The molecule has 1 atom stereocenters. The van der Waals surface area contributed by atoms with E-state index in [4.69, 9.17) is 9.15 Å². The number of aromatic nitrogens is 1. The summed E-state index contributed by atoms with van der Waals surface area (Å²) in [7, 11) is 0. The van der Waals surface area contributed by atoms with Gasteiger partial charge >= 0.3 is 0 Å². The minimum atomic E-state index is 0.0497. The van der Waals surface area contributed by atoms with Gasteiger partial charge in [0, 0.05) is 44.1 Å². The lowest BCUT2D eigenvalue weighted by Crippen LogP contribution is -2.52. The number of benzene rings is 1. The smallest absolute Gasteiger partial charge is 0.220 e. The second kappa shape index (κ2) is 11.1. The number of nitrogens with one attached hydrogen (secondary N) is 1. The molecule has 1 fully saturated rings. The molecule has 158 valence electrons. The average molecular weight is 400 g/mol. The Morgan fingerprint density at radius 2 is 1.90 bits per heavy atom. The van der Waals surface area contributed by atoms with Crippen LogP contribution in [0.1, 0.15) is 39.0 Å². The van der Waals surface area contributed by atoms with Gasteiger partial charge in [-0.15, -0.1) is 0 Å². The monoisotopic (exact) mass is 399 g/mol. The van der Waals surface area contributed by atoms with Gasteiger partial charge in [-0.05, 0) is 5.92 Å². The van der Waals surface area contributed by atoms with Crippen molar-refractivity contribution >= 4 is 5.91 Å². The van der Waals surface area contributed by atoms with E-state index in [0.717, 1.165) is 50.5 Å². The highest BCUT2D eigenvalue weighted by Gasteiger charge is 2.27. The highest BCUT2D eigenvalue weighted by Crippen LogP contribution is 2.21. The lowest BCUT2D eigenvalue weighted by molar-refractivity contribution is -0.121. The third kappa shape index (κ3) is 6.15. The van der Waals surface area contributed by atoms with Crippen LogP contribution in [0.5, 0.6) is 0 Å². The maximum atomic E-state index is 12.5. The molecule has 1 aromatic heterocycles. The molecule has 1 saturated heterocycles. The van der Waals surface area contributed by atoms with E-state index in [-0.39, 0.29) is 5.91 Å². The second-order valence-corrected chi connectivity index (χ2v) is 7.58. The summed E-state index contributed by atoms with van der Waals surface area (Å²) in [5.74, 6) is 1.97. The summed E-state index contributed by atoms with van der Waals surface area (Å²) in [5, 5.41) is 3.15. The van der Waals surface area contributed by atoms with Gasteiger partial charge in [-0.2, -0.15) is 0 Å². The van der Waals surface area contributed by atoms with Crippen molar-refractivity contribution in [3.63, 3.8) is 0 Å². The number of hydrogen-bond donors (Lipinski definition) is 1. The molecule has 1 amide bonds. The van der Waals surface area contributed by atoms with E-state index in [2.05, 4.69) is 29.0 Å². The highest BCUT2D eigenvalue weighted by molar-refractivity contribution is 5.76. The summed E-state index contributed by atoms with van der Waals surface area (Å²) >= 11 is 0. The Morgan fingerprint density at radius 3 is 2.59 bits per heavy atom. The summed E-state index contributed by atoms with van der Waals surface area (Å²) in [6.07, 6.45) is 4.85. The molecule has 6 nitrogen and oxygen atoms in total. The summed E-state index contributed by atoms with van der Waals surface area (Å²) in [4.78, 5) is 19.2. The van der Waals surface area contributed by atoms with Gasteiger partial charge in [0.2, 0.25) is 5.91 Å². The molecule has 1 unspecified atom stereocenters. The molecule has 2 aromatic rings. The summed E-state index contributed by atoms with van der Waals surface area (Å²) in [6.45, 7) is 8.58. The minimum absolute atomic E-state index is 0.0497. The van der Waals surface area contributed by atoms with Gasteiger partial charge in [-0.3, -0.25) is 9.69 Å². The minimum Gasteiger partial charge on any atom is -0.441 e. The van der Waals surface area contributed by atoms with Crippen molar-refractivity contribution in [3.8, 4) is 11.3 Å². The van der Waals surface area contributed by atoms with Crippen molar-refractivity contribution in [2.75, 3.05) is 32.8 Å². The fourth-order valence-electron chi connectivity index (χ4n) is 4.02. The van der Waals surface area contributed by atoms with Crippen LogP contribution < -0.4 is 5.32 Å². The van der Waals surface area contributed by atoms with Gasteiger partial charge in [0.25, 0.3) is 0 Å². The van der Waals surface area contributed by atoms with Gasteiger partial charge in [0.1, 0.15) is 0 Å². The summed E-state index contributed by atoms with van der Waals surface area (Å²) < 4.78 is 11.3. The van der Waals surface area contributed by atoms with Gasteiger partial charge in [-0.1, -0.05) is 57.0 Å². The fourth-order valence-corrected chi connectivity index (χ4v) is 4.02. The molecule has 1 aromatic carbocycles. The Hall–Kier alpha value is -2.18. The molecular weight excluding hydrogens is 366 g/mol. The predicted molar refractivity (Wildman–Crippen MR) is 114 cm³/mol. The zero-order chi connectivity index (χ0) is 20.5. The maximum Gasteiger partial charge on any atom is 0.220 e. The van der Waals surface area contributed by atoms with Crippen molar-refractivity contribution in [2.24, 2.45) is 5.92 Å². The van der Waals surface area contributed by atoms with Gasteiger partial charge < -0.3 is 14.5 Å². The Morgan fingerprint density at radius 1 is 1.17 bits per heavy atom. The molecule has 0 bridgehead atoms. The van der Waals surface area contributed by atoms with E-state index in [1.807, 2.05) is 30.3 Å². The standard InChI is InChI=1S/C23H33N3O3/c1-3-18(4-2)20(26-12-14-28-15-13-26)16-24-22(27)10-11-23-25-17-21(29-23)19-8-6-5-7-9-19/h5-9,17-18,20H,3-4,10-16H2,1-2H3,(H,24,27). The number of oxazole rings is 1. The Kier molecular flexibility index (Phi) is 8.25. The molecule has 1 aliphatic heterocycles. The molecule has 1 N–H and O–H groups in total. The Balaban J connectivity index is 1.49. The van der Waals surface area contributed by atoms with Crippen LogP contribution in [0.4, 0.5) is 0 Å². The van der Waals surface area contributed by atoms with Gasteiger partial charge in [0.05, 0.1) is 19.4 Å². The van der Waals surface area contributed by atoms with Crippen LogP contribution in [-0.4, -0.2) is 54.7 Å². The number of aryl methyl sites for hydroxylation is 1. The first-order chi connectivity index (χ1) is 14.2. The number of amides is 1. The summed E-state index contributed by atoms with van der Waals surface area (Å²) in [6, 6.07) is 10.2. The third-order valence-electron chi connectivity index (χ3n) is 5.79. The number of nitrogens with zero attached hydrogens (tertiary/aromatic N) is 2. The van der Waals surface area contributed by atoms with E-state index < -0.39 is 0 Å². The van der Waals surface area contributed by atoms with Gasteiger partial charge in [-0.25, -0.2) is 4.98 Å². The van der Waals surface area contributed by atoms with Crippen LogP contribution in [0.25, 0.3) is 11.3 Å². The van der Waals surface area contributed by atoms with E-state index in [0.29, 0.717) is 37.2 Å². The number of hydrogen-bond acceptors (Lipinski definition) is 5. The van der Waals surface area contributed by atoms with E-state index in [1.165, 1.54) is 0 Å². The first-order valence-electron chi connectivity index (χ1n) is 10.8. The van der Waals surface area contributed by atoms with E-state index in [1.54, 1.807) is 6.20 Å². The van der Waals surface area contributed by atoms with Crippen LogP contribution in [0.2, 0.25) is 0 Å². The molecule has 2 heterocycles. The van der Waals surface area contributed by atoms with Crippen LogP contribution in [0.3, 0.4) is 0 Å². The quantitative estimate of drug-likeness (QED) is 0.662. The number of carbonyl (C=O) groups excluding carboxylic acids is 1.